The lowest BCUT2D eigenvalue weighted by atomic mass is 9.92. The maximum Gasteiger partial charge on any atom is 0.222 e. The Kier molecular flexibility index (Phi) is 7.11. The van der Waals surface area contributed by atoms with Crippen LogP contribution in [0.15, 0.2) is 23.0 Å². The minimum atomic E-state index is 0.157. The van der Waals surface area contributed by atoms with Gasteiger partial charge in [0, 0.05) is 50.8 Å². The number of hydrogen-bond acceptors (Lipinski definition) is 5. The minimum absolute atomic E-state index is 0.157. The zero-order chi connectivity index (χ0) is 18.4. The molecule has 1 aromatic rings. The number of aliphatic hydroxyl groups is 1. The first-order chi connectivity index (χ1) is 12.7. The van der Waals surface area contributed by atoms with Gasteiger partial charge in [0.15, 0.2) is 0 Å². The van der Waals surface area contributed by atoms with E-state index in [0.717, 1.165) is 51.3 Å². The number of carbonyl (C=O) groups is 1. The van der Waals surface area contributed by atoms with Crippen LogP contribution in [0.4, 0.5) is 0 Å². The molecule has 6 heteroatoms. The first kappa shape index (κ1) is 19.4. The third kappa shape index (κ3) is 5.32. The molecule has 1 aromatic heterocycles. The number of aliphatic hydroxyl groups excluding tert-OH is 1. The molecule has 6 nitrogen and oxygen atoms in total. The van der Waals surface area contributed by atoms with Crippen molar-refractivity contribution in [2.24, 2.45) is 5.92 Å². The smallest absolute Gasteiger partial charge is 0.222 e. The van der Waals surface area contributed by atoms with Crippen molar-refractivity contribution in [2.45, 2.75) is 44.7 Å². The van der Waals surface area contributed by atoms with E-state index in [4.69, 9.17) is 4.42 Å². The van der Waals surface area contributed by atoms with Crippen molar-refractivity contribution >= 4 is 5.91 Å². The fourth-order valence-electron chi connectivity index (χ4n) is 4.20. The zero-order valence-corrected chi connectivity index (χ0v) is 16.0. The third-order valence-electron chi connectivity index (χ3n) is 5.99. The summed E-state index contributed by atoms with van der Waals surface area (Å²) in [5.74, 6) is 0.987. The molecule has 1 amide bonds. The van der Waals surface area contributed by atoms with Gasteiger partial charge in [0.1, 0.15) is 0 Å². The summed E-state index contributed by atoms with van der Waals surface area (Å²) < 4.78 is 5.16. The topological polar surface area (TPSA) is 60.2 Å². The first-order valence-electron chi connectivity index (χ1n) is 9.98. The average molecular weight is 364 g/mol. The summed E-state index contributed by atoms with van der Waals surface area (Å²) in [4.78, 5) is 19.4. The van der Waals surface area contributed by atoms with Crippen LogP contribution < -0.4 is 0 Å². The second kappa shape index (κ2) is 9.53. The fraction of sp³-hybridized carbons (Fsp3) is 0.750. The molecule has 0 spiro atoms. The number of nitrogens with zero attached hydrogens (tertiary/aromatic N) is 3. The van der Waals surface area contributed by atoms with Gasteiger partial charge in [-0.3, -0.25) is 9.69 Å². The number of piperidine rings is 1. The molecule has 2 fully saturated rings. The summed E-state index contributed by atoms with van der Waals surface area (Å²) >= 11 is 0. The molecule has 2 aliphatic heterocycles. The Hall–Kier alpha value is -1.37. The van der Waals surface area contributed by atoms with Crippen LogP contribution in [-0.4, -0.2) is 78.1 Å². The van der Waals surface area contributed by atoms with E-state index in [9.17, 15) is 9.90 Å². The number of furan rings is 1. The Labute approximate surface area is 156 Å². The average Bonchev–Trinajstić information content (AvgIpc) is 3.16. The molecular weight excluding hydrogens is 330 g/mol. The van der Waals surface area contributed by atoms with Crippen LogP contribution in [-0.2, 0) is 11.3 Å². The molecule has 2 aliphatic rings. The van der Waals surface area contributed by atoms with Gasteiger partial charge in [-0.15, -0.1) is 0 Å². The molecule has 3 rings (SSSR count). The van der Waals surface area contributed by atoms with Crippen molar-refractivity contribution in [3.05, 3.63) is 24.2 Å². The van der Waals surface area contributed by atoms with E-state index in [2.05, 4.69) is 16.8 Å². The van der Waals surface area contributed by atoms with Crippen molar-refractivity contribution in [2.75, 3.05) is 46.4 Å². The molecule has 0 saturated carbocycles. The van der Waals surface area contributed by atoms with Crippen LogP contribution >= 0.6 is 0 Å². The second-order valence-electron chi connectivity index (χ2n) is 7.89. The Morgan fingerprint density at radius 1 is 1.23 bits per heavy atom. The van der Waals surface area contributed by atoms with E-state index in [0.29, 0.717) is 18.8 Å². The molecule has 1 N–H and O–H groups in total. The standard InChI is InChI=1S/C20H33N3O3/c1-21-8-4-17(5-9-21)2-3-20(25)23-11-10-22(19(15-23)6-12-24)14-18-7-13-26-16-18/h7,13,16-17,19,24H,2-6,8-12,14-15H2,1H3/t19-/m1/s1. The maximum atomic E-state index is 12.7. The molecule has 2 saturated heterocycles. The van der Waals surface area contributed by atoms with Crippen LogP contribution in [0.5, 0.6) is 0 Å². The number of amides is 1. The zero-order valence-electron chi connectivity index (χ0n) is 16.0. The highest BCUT2D eigenvalue weighted by atomic mass is 16.3. The molecule has 26 heavy (non-hydrogen) atoms. The van der Waals surface area contributed by atoms with Crippen molar-refractivity contribution < 1.29 is 14.3 Å². The number of hydrogen-bond donors (Lipinski definition) is 1. The van der Waals surface area contributed by atoms with Gasteiger partial charge in [-0.25, -0.2) is 0 Å². The van der Waals surface area contributed by atoms with Crippen LogP contribution in [0.25, 0.3) is 0 Å². The summed E-state index contributed by atoms with van der Waals surface area (Å²) in [6.45, 7) is 5.66. The van der Waals surface area contributed by atoms with Crippen molar-refractivity contribution in [1.82, 2.24) is 14.7 Å². The second-order valence-corrected chi connectivity index (χ2v) is 7.89. The molecular formula is C20H33N3O3. The molecule has 0 radical (unpaired) electrons. The van der Waals surface area contributed by atoms with Crippen molar-refractivity contribution in [3.8, 4) is 0 Å². The monoisotopic (exact) mass is 363 g/mol. The third-order valence-corrected chi connectivity index (χ3v) is 5.99. The van der Waals surface area contributed by atoms with Gasteiger partial charge in [-0.05, 0) is 57.8 Å². The van der Waals surface area contributed by atoms with Gasteiger partial charge in [0.25, 0.3) is 0 Å². The largest absolute Gasteiger partial charge is 0.472 e. The first-order valence-corrected chi connectivity index (χ1v) is 9.98. The number of rotatable bonds is 7. The lowest BCUT2D eigenvalue weighted by Gasteiger charge is -2.41. The quantitative estimate of drug-likeness (QED) is 0.800. The highest BCUT2D eigenvalue weighted by molar-refractivity contribution is 5.76. The summed E-state index contributed by atoms with van der Waals surface area (Å²) in [7, 11) is 2.17. The lowest BCUT2D eigenvalue weighted by molar-refractivity contribution is -0.135. The highest BCUT2D eigenvalue weighted by Crippen LogP contribution is 2.23. The van der Waals surface area contributed by atoms with Crippen LogP contribution in [0, 0.1) is 5.92 Å². The predicted octanol–water partition coefficient (Wildman–Crippen LogP) is 1.80. The van der Waals surface area contributed by atoms with Crippen LogP contribution in [0.3, 0.4) is 0 Å². The SMILES string of the molecule is CN1CCC(CCC(=O)N2CCN(Cc3ccoc3)[C@H](CCO)C2)CC1. The highest BCUT2D eigenvalue weighted by Gasteiger charge is 2.29. The molecule has 0 aliphatic carbocycles. The van der Waals surface area contributed by atoms with Gasteiger partial charge in [0.2, 0.25) is 5.91 Å². The van der Waals surface area contributed by atoms with Crippen molar-refractivity contribution in [3.63, 3.8) is 0 Å². The normalized spacial score (nSPS) is 23.5. The van der Waals surface area contributed by atoms with Crippen molar-refractivity contribution in [1.29, 1.82) is 0 Å². The summed E-state index contributed by atoms with van der Waals surface area (Å²) in [5, 5.41) is 9.43. The molecule has 1 atom stereocenters. The van der Waals surface area contributed by atoms with Gasteiger partial charge in [-0.1, -0.05) is 0 Å². The number of carbonyl (C=O) groups excluding carboxylic acids is 1. The van der Waals surface area contributed by atoms with Crippen LogP contribution in [0.2, 0.25) is 0 Å². The minimum Gasteiger partial charge on any atom is -0.472 e. The van der Waals surface area contributed by atoms with Gasteiger partial charge in [0.05, 0.1) is 12.5 Å². The summed E-state index contributed by atoms with van der Waals surface area (Å²) in [6, 6.07) is 2.20. The Morgan fingerprint density at radius 2 is 2.04 bits per heavy atom. The van der Waals surface area contributed by atoms with Gasteiger partial charge in [-0.2, -0.15) is 0 Å². The van der Waals surface area contributed by atoms with E-state index in [1.54, 1.807) is 12.5 Å². The van der Waals surface area contributed by atoms with Gasteiger partial charge < -0.3 is 19.3 Å². The van der Waals surface area contributed by atoms with E-state index in [1.165, 1.54) is 12.8 Å². The number of piperazine rings is 1. The molecule has 146 valence electrons. The van der Waals surface area contributed by atoms with Gasteiger partial charge >= 0.3 is 0 Å². The Morgan fingerprint density at radius 3 is 2.73 bits per heavy atom. The molecule has 3 heterocycles. The van der Waals surface area contributed by atoms with E-state index >= 15 is 0 Å². The van der Waals surface area contributed by atoms with E-state index in [1.807, 2.05) is 11.0 Å². The predicted molar refractivity (Wildman–Crippen MR) is 101 cm³/mol. The molecule has 0 aromatic carbocycles. The summed E-state index contributed by atoms with van der Waals surface area (Å²) in [6.07, 6.45) is 8.30. The molecule has 0 unspecified atom stereocenters. The summed E-state index contributed by atoms with van der Waals surface area (Å²) in [5.41, 5.74) is 1.15. The Balaban J connectivity index is 1.47. The van der Waals surface area contributed by atoms with E-state index < -0.39 is 0 Å². The van der Waals surface area contributed by atoms with Crippen LogP contribution in [0.1, 0.15) is 37.7 Å². The fourth-order valence-corrected chi connectivity index (χ4v) is 4.20. The maximum absolute atomic E-state index is 12.7. The lowest BCUT2D eigenvalue weighted by Crippen LogP contribution is -2.54. The molecule has 0 bridgehead atoms. The Bertz CT molecular complexity index is 541. The number of likely N-dealkylation sites (tertiary alicyclic amines) is 1. The van der Waals surface area contributed by atoms with E-state index in [-0.39, 0.29) is 18.6 Å².